The van der Waals surface area contributed by atoms with Crippen LogP contribution in [0.5, 0.6) is 0 Å². The van der Waals surface area contributed by atoms with E-state index in [1.807, 2.05) is 25.1 Å². The molecule has 30 heavy (non-hydrogen) atoms. The first-order chi connectivity index (χ1) is 14.5. The number of para-hydroxylation sites is 1. The van der Waals surface area contributed by atoms with Gasteiger partial charge in [-0.1, -0.05) is 18.2 Å². The molecule has 0 bridgehead atoms. The summed E-state index contributed by atoms with van der Waals surface area (Å²) in [6.07, 6.45) is 0. The van der Waals surface area contributed by atoms with Crippen molar-refractivity contribution in [1.29, 1.82) is 0 Å². The van der Waals surface area contributed by atoms with Crippen LogP contribution in [0.25, 0.3) is 11.1 Å². The molecule has 0 unspecified atom stereocenters. The summed E-state index contributed by atoms with van der Waals surface area (Å²) in [6, 6.07) is 12.5. The van der Waals surface area contributed by atoms with Crippen molar-refractivity contribution in [3.63, 3.8) is 0 Å². The lowest BCUT2D eigenvalue weighted by Gasteiger charge is -2.34. The van der Waals surface area contributed by atoms with E-state index in [9.17, 15) is 9.59 Å². The Balaban J connectivity index is 1.34. The van der Waals surface area contributed by atoms with Crippen molar-refractivity contribution in [2.24, 2.45) is 0 Å². The molecule has 156 valence electrons. The summed E-state index contributed by atoms with van der Waals surface area (Å²) in [7, 11) is 1.32. The molecule has 1 aliphatic heterocycles. The van der Waals surface area contributed by atoms with E-state index >= 15 is 0 Å². The Kier molecular flexibility index (Phi) is 5.67. The number of benzene rings is 2. The molecule has 0 saturated carbocycles. The molecule has 2 aromatic carbocycles. The number of nitrogens with zero attached hydrogens (tertiary/aromatic N) is 3. The monoisotopic (exact) mass is 408 g/mol. The first-order valence-corrected chi connectivity index (χ1v) is 9.85. The summed E-state index contributed by atoms with van der Waals surface area (Å²) in [4.78, 5) is 33.0. The van der Waals surface area contributed by atoms with Crippen LogP contribution in [-0.4, -0.2) is 60.1 Å². The molecular formula is C22H24N4O4. The Morgan fingerprint density at radius 3 is 2.67 bits per heavy atom. The van der Waals surface area contributed by atoms with E-state index < -0.39 is 5.97 Å². The first kappa shape index (κ1) is 19.9. The molecule has 1 saturated heterocycles. The van der Waals surface area contributed by atoms with E-state index in [1.54, 1.807) is 29.2 Å². The SMILES string of the molecule is COC(=O)c1ccccc1NC(=O)N1CCN(Cc2nc3ccc(C)cc3o2)CC1. The number of nitrogens with one attached hydrogen (secondary N) is 1. The largest absolute Gasteiger partial charge is 0.465 e. The van der Waals surface area contributed by atoms with Crippen LogP contribution in [0.1, 0.15) is 21.8 Å². The van der Waals surface area contributed by atoms with Gasteiger partial charge in [0.05, 0.1) is 24.9 Å². The van der Waals surface area contributed by atoms with Crippen molar-refractivity contribution in [2.75, 3.05) is 38.6 Å². The highest BCUT2D eigenvalue weighted by molar-refractivity contribution is 6.00. The smallest absolute Gasteiger partial charge is 0.339 e. The van der Waals surface area contributed by atoms with Crippen molar-refractivity contribution in [2.45, 2.75) is 13.5 Å². The van der Waals surface area contributed by atoms with Crippen LogP contribution in [-0.2, 0) is 11.3 Å². The number of aryl methyl sites for hydroxylation is 1. The minimum Gasteiger partial charge on any atom is -0.465 e. The summed E-state index contributed by atoms with van der Waals surface area (Å²) in [5.74, 6) is 0.199. The van der Waals surface area contributed by atoms with Gasteiger partial charge < -0.3 is 19.4 Å². The van der Waals surface area contributed by atoms with Gasteiger partial charge in [0.2, 0.25) is 5.89 Å². The van der Waals surface area contributed by atoms with Gasteiger partial charge in [-0.25, -0.2) is 14.6 Å². The van der Waals surface area contributed by atoms with E-state index in [1.165, 1.54) is 7.11 Å². The maximum absolute atomic E-state index is 12.7. The number of hydrogen-bond donors (Lipinski definition) is 1. The standard InChI is InChI=1S/C22H24N4O4/c1-15-7-8-18-19(13-15)30-20(23-18)14-25-9-11-26(12-10-25)22(28)24-17-6-4-3-5-16(17)21(27)29-2/h3-8,13H,9-12,14H2,1-2H3,(H,24,28). The highest BCUT2D eigenvalue weighted by Gasteiger charge is 2.23. The van der Waals surface area contributed by atoms with Gasteiger partial charge in [-0.3, -0.25) is 4.90 Å². The second-order valence-corrected chi connectivity index (χ2v) is 7.31. The van der Waals surface area contributed by atoms with E-state index in [4.69, 9.17) is 9.15 Å². The van der Waals surface area contributed by atoms with Gasteiger partial charge in [-0.2, -0.15) is 0 Å². The van der Waals surface area contributed by atoms with Gasteiger partial charge in [0, 0.05) is 26.2 Å². The average molecular weight is 408 g/mol. The molecule has 1 fully saturated rings. The fraction of sp³-hybridized carbons (Fsp3) is 0.318. The normalized spacial score (nSPS) is 14.7. The van der Waals surface area contributed by atoms with Crippen molar-refractivity contribution < 1.29 is 18.7 Å². The number of oxazole rings is 1. The number of ether oxygens (including phenoxy) is 1. The molecule has 1 aliphatic rings. The van der Waals surface area contributed by atoms with Crippen LogP contribution >= 0.6 is 0 Å². The number of rotatable bonds is 4. The maximum atomic E-state index is 12.7. The van der Waals surface area contributed by atoms with Crippen molar-refractivity contribution >= 4 is 28.8 Å². The Hall–Kier alpha value is -3.39. The third-order valence-corrected chi connectivity index (χ3v) is 5.18. The van der Waals surface area contributed by atoms with Gasteiger partial charge in [0.1, 0.15) is 5.52 Å². The summed E-state index contributed by atoms with van der Waals surface area (Å²) in [5.41, 5.74) is 3.57. The number of urea groups is 1. The predicted octanol–water partition coefficient (Wildman–Crippen LogP) is 3.27. The summed E-state index contributed by atoms with van der Waals surface area (Å²) in [5, 5.41) is 2.82. The van der Waals surface area contributed by atoms with Crippen LogP contribution < -0.4 is 5.32 Å². The third-order valence-electron chi connectivity index (χ3n) is 5.18. The summed E-state index contributed by atoms with van der Waals surface area (Å²) in [6.45, 7) is 5.20. The number of hydrogen-bond acceptors (Lipinski definition) is 6. The molecule has 8 nitrogen and oxygen atoms in total. The predicted molar refractivity (Wildman–Crippen MR) is 112 cm³/mol. The number of aromatic nitrogens is 1. The number of esters is 1. The zero-order valence-corrected chi connectivity index (χ0v) is 17.1. The molecule has 1 N–H and O–H groups in total. The number of carbonyl (C=O) groups is 2. The highest BCUT2D eigenvalue weighted by atomic mass is 16.5. The number of methoxy groups -OCH3 is 1. The topological polar surface area (TPSA) is 87.9 Å². The van der Waals surface area contributed by atoms with E-state index in [0.717, 1.165) is 16.7 Å². The fourth-order valence-corrected chi connectivity index (χ4v) is 3.52. The molecule has 0 radical (unpaired) electrons. The van der Waals surface area contributed by atoms with Gasteiger partial charge >= 0.3 is 12.0 Å². The maximum Gasteiger partial charge on any atom is 0.339 e. The molecule has 0 atom stereocenters. The van der Waals surface area contributed by atoms with E-state index in [0.29, 0.717) is 49.9 Å². The zero-order chi connectivity index (χ0) is 21.1. The molecule has 4 rings (SSSR count). The van der Waals surface area contributed by atoms with Crippen LogP contribution in [0.3, 0.4) is 0 Å². The molecule has 0 spiro atoms. The molecular weight excluding hydrogens is 384 g/mol. The second kappa shape index (κ2) is 8.54. The Morgan fingerprint density at radius 1 is 1.13 bits per heavy atom. The van der Waals surface area contributed by atoms with Crippen molar-refractivity contribution in [3.8, 4) is 0 Å². The lowest BCUT2D eigenvalue weighted by molar-refractivity contribution is 0.0602. The zero-order valence-electron chi connectivity index (χ0n) is 17.1. The van der Waals surface area contributed by atoms with Crippen LogP contribution in [0.2, 0.25) is 0 Å². The summed E-state index contributed by atoms with van der Waals surface area (Å²) >= 11 is 0. The molecule has 3 aromatic rings. The van der Waals surface area contributed by atoms with Gasteiger partial charge in [-0.05, 0) is 36.8 Å². The number of anilines is 1. The van der Waals surface area contributed by atoms with Crippen LogP contribution in [0, 0.1) is 6.92 Å². The van der Waals surface area contributed by atoms with Crippen molar-refractivity contribution in [3.05, 3.63) is 59.5 Å². The lowest BCUT2D eigenvalue weighted by Crippen LogP contribution is -2.49. The average Bonchev–Trinajstić information content (AvgIpc) is 3.15. The number of amides is 2. The van der Waals surface area contributed by atoms with Gasteiger partial charge in [0.15, 0.2) is 5.58 Å². The molecule has 2 amide bonds. The molecule has 1 aromatic heterocycles. The molecule has 8 heteroatoms. The van der Waals surface area contributed by atoms with Gasteiger partial charge in [-0.15, -0.1) is 0 Å². The Morgan fingerprint density at radius 2 is 1.90 bits per heavy atom. The summed E-state index contributed by atoms with van der Waals surface area (Å²) < 4.78 is 10.6. The number of piperazine rings is 1. The van der Waals surface area contributed by atoms with E-state index in [-0.39, 0.29) is 6.03 Å². The molecule has 2 heterocycles. The number of fused-ring (bicyclic) bond motifs is 1. The van der Waals surface area contributed by atoms with Crippen molar-refractivity contribution in [1.82, 2.24) is 14.8 Å². The second-order valence-electron chi connectivity index (χ2n) is 7.31. The van der Waals surface area contributed by atoms with Crippen LogP contribution in [0.15, 0.2) is 46.9 Å². The van der Waals surface area contributed by atoms with E-state index in [2.05, 4.69) is 15.2 Å². The highest BCUT2D eigenvalue weighted by Crippen LogP contribution is 2.20. The molecule has 0 aliphatic carbocycles. The fourth-order valence-electron chi connectivity index (χ4n) is 3.52. The minimum absolute atomic E-state index is 0.233. The lowest BCUT2D eigenvalue weighted by atomic mass is 10.2. The Labute approximate surface area is 174 Å². The quantitative estimate of drug-likeness (QED) is 0.667. The minimum atomic E-state index is -0.482. The van der Waals surface area contributed by atoms with Gasteiger partial charge in [0.25, 0.3) is 0 Å². The van der Waals surface area contributed by atoms with Crippen LogP contribution in [0.4, 0.5) is 10.5 Å². The number of carbonyl (C=O) groups excluding carboxylic acids is 2. The third kappa shape index (κ3) is 4.28. The Bertz CT molecular complexity index is 1070. The first-order valence-electron chi connectivity index (χ1n) is 9.85.